The zero-order chi connectivity index (χ0) is 18.7. The number of ether oxygens (including phenoxy) is 2. The number of hydrogen-bond donors (Lipinski definition) is 0. The lowest BCUT2D eigenvalue weighted by Gasteiger charge is -2.26. The number of hydrogen-bond acceptors (Lipinski definition) is 6. The summed E-state index contributed by atoms with van der Waals surface area (Å²) < 4.78 is 39.6. The van der Waals surface area contributed by atoms with Crippen molar-refractivity contribution in [1.29, 1.82) is 0 Å². The van der Waals surface area contributed by atoms with Gasteiger partial charge in [-0.05, 0) is 5.56 Å². The number of rotatable bonds is 5. The lowest BCUT2D eigenvalue weighted by molar-refractivity contribution is -0.0785. The molecule has 2 aromatic rings. The predicted octanol–water partition coefficient (Wildman–Crippen LogP) is 0.472. The van der Waals surface area contributed by atoms with Crippen molar-refractivity contribution < 1.29 is 17.9 Å². The second-order valence-corrected chi connectivity index (χ2v) is 8.84. The molecule has 146 valence electrons. The summed E-state index contributed by atoms with van der Waals surface area (Å²) in [4.78, 5) is 4.62. The fourth-order valence-electron chi connectivity index (χ4n) is 3.44. The lowest BCUT2D eigenvalue weighted by atomic mass is 10.1. The molecule has 2 aliphatic heterocycles. The Labute approximate surface area is 159 Å². The van der Waals surface area contributed by atoms with Crippen LogP contribution in [0.4, 0.5) is 0 Å². The average molecular weight is 392 g/mol. The van der Waals surface area contributed by atoms with Gasteiger partial charge in [-0.2, -0.15) is 9.40 Å². The van der Waals surface area contributed by atoms with Gasteiger partial charge < -0.3 is 9.47 Å². The van der Waals surface area contributed by atoms with Crippen molar-refractivity contribution in [3.63, 3.8) is 0 Å². The molecule has 0 amide bonds. The Hall–Kier alpha value is -1.81. The van der Waals surface area contributed by atoms with Gasteiger partial charge in [-0.15, -0.1) is 0 Å². The highest BCUT2D eigenvalue weighted by atomic mass is 32.2. The molecule has 1 aromatic carbocycles. The van der Waals surface area contributed by atoms with E-state index < -0.39 is 10.0 Å². The van der Waals surface area contributed by atoms with Gasteiger partial charge in [0.2, 0.25) is 10.0 Å². The Kier molecular flexibility index (Phi) is 5.53. The Morgan fingerprint density at radius 1 is 1.11 bits per heavy atom. The van der Waals surface area contributed by atoms with Gasteiger partial charge in [0, 0.05) is 25.9 Å². The molecular weight excluding hydrogens is 368 g/mol. The number of aromatic nitrogens is 3. The standard InChI is InChI=1S/C18H24N4O4S/c23-27(24,14-16-13-25-10-11-26-16)21-7-6-18-19-17(20-22(18)9-8-21)12-15-4-2-1-3-5-15/h1-5,16H,6-14H2. The van der Waals surface area contributed by atoms with Gasteiger partial charge >= 0.3 is 0 Å². The van der Waals surface area contributed by atoms with E-state index in [1.165, 1.54) is 4.31 Å². The normalized spacial score (nSPS) is 21.6. The third-order valence-electron chi connectivity index (χ3n) is 4.82. The Balaban J connectivity index is 1.39. The van der Waals surface area contributed by atoms with Crippen LogP contribution in [-0.4, -0.2) is 72.3 Å². The molecule has 9 heteroatoms. The molecule has 1 saturated heterocycles. The largest absolute Gasteiger partial charge is 0.376 e. The summed E-state index contributed by atoms with van der Waals surface area (Å²) >= 11 is 0. The molecule has 1 unspecified atom stereocenters. The van der Waals surface area contributed by atoms with Gasteiger partial charge in [0.1, 0.15) is 5.82 Å². The van der Waals surface area contributed by atoms with Gasteiger partial charge in [0.25, 0.3) is 0 Å². The van der Waals surface area contributed by atoms with E-state index >= 15 is 0 Å². The number of fused-ring (bicyclic) bond motifs is 1. The molecule has 1 atom stereocenters. The average Bonchev–Trinajstić information content (AvgIpc) is 2.93. The van der Waals surface area contributed by atoms with Crippen molar-refractivity contribution in [2.24, 2.45) is 0 Å². The van der Waals surface area contributed by atoms with Crippen molar-refractivity contribution >= 4 is 10.0 Å². The molecule has 0 aliphatic carbocycles. The van der Waals surface area contributed by atoms with E-state index in [9.17, 15) is 8.42 Å². The van der Waals surface area contributed by atoms with Crippen molar-refractivity contribution in [2.45, 2.75) is 25.5 Å². The molecule has 3 heterocycles. The van der Waals surface area contributed by atoms with Crippen LogP contribution in [0.25, 0.3) is 0 Å². The highest BCUT2D eigenvalue weighted by Crippen LogP contribution is 2.15. The second kappa shape index (κ2) is 8.05. The molecule has 0 saturated carbocycles. The summed E-state index contributed by atoms with van der Waals surface area (Å²) in [6.45, 7) is 2.63. The number of nitrogens with zero attached hydrogens (tertiary/aromatic N) is 4. The Morgan fingerprint density at radius 3 is 2.74 bits per heavy atom. The van der Waals surface area contributed by atoms with Crippen LogP contribution in [-0.2, 0) is 38.9 Å². The first kappa shape index (κ1) is 18.5. The zero-order valence-corrected chi connectivity index (χ0v) is 16.0. The first-order chi connectivity index (χ1) is 13.1. The molecule has 1 fully saturated rings. The van der Waals surface area contributed by atoms with E-state index in [2.05, 4.69) is 22.2 Å². The van der Waals surface area contributed by atoms with E-state index in [0.29, 0.717) is 52.3 Å². The summed E-state index contributed by atoms with van der Waals surface area (Å²) in [5.41, 5.74) is 1.16. The monoisotopic (exact) mass is 392 g/mol. The minimum atomic E-state index is -3.40. The molecule has 0 radical (unpaired) electrons. The molecule has 0 spiro atoms. The predicted molar refractivity (Wildman–Crippen MR) is 98.9 cm³/mol. The summed E-state index contributed by atoms with van der Waals surface area (Å²) in [6, 6.07) is 10.1. The van der Waals surface area contributed by atoms with Gasteiger partial charge in [0.15, 0.2) is 5.82 Å². The van der Waals surface area contributed by atoms with Crippen LogP contribution in [0.5, 0.6) is 0 Å². The van der Waals surface area contributed by atoms with Gasteiger partial charge in [-0.1, -0.05) is 30.3 Å². The molecule has 27 heavy (non-hydrogen) atoms. The number of benzene rings is 1. The summed E-state index contributed by atoms with van der Waals surface area (Å²) in [7, 11) is -3.40. The summed E-state index contributed by atoms with van der Waals surface area (Å²) in [5, 5.41) is 4.58. The minimum Gasteiger partial charge on any atom is -0.376 e. The van der Waals surface area contributed by atoms with Crippen LogP contribution in [0.1, 0.15) is 17.2 Å². The highest BCUT2D eigenvalue weighted by molar-refractivity contribution is 7.89. The number of sulfonamides is 1. The van der Waals surface area contributed by atoms with E-state index in [4.69, 9.17) is 9.47 Å². The Morgan fingerprint density at radius 2 is 1.96 bits per heavy atom. The Bertz CT molecular complexity index is 837. The molecule has 0 N–H and O–H groups in total. The van der Waals surface area contributed by atoms with Crippen LogP contribution in [0.3, 0.4) is 0 Å². The summed E-state index contributed by atoms with van der Waals surface area (Å²) in [6.07, 6.45) is 0.852. The van der Waals surface area contributed by atoms with E-state index in [-0.39, 0.29) is 11.9 Å². The fraction of sp³-hybridized carbons (Fsp3) is 0.556. The molecule has 8 nitrogen and oxygen atoms in total. The van der Waals surface area contributed by atoms with Crippen LogP contribution < -0.4 is 0 Å². The van der Waals surface area contributed by atoms with Crippen molar-refractivity contribution in [2.75, 3.05) is 38.7 Å². The molecule has 4 rings (SSSR count). The zero-order valence-electron chi connectivity index (χ0n) is 15.2. The fourth-order valence-corrected chi connectivity index (χ4v) is 5.04. The first-order valence-electron chi connectivity index (χ1n) is 9.24. The second-order valence-electron chi connectivity index (χ2n) is 6.83. The van der Waals surface area contributed by atoms with Gasteiger partial charge in [-0.25, -0.2) is 18.1 Å². The summed E-state index contributed by atoms with van der Waals surface area (Å²) in [5.74, 6) is 1.58. The van der Waals surface area contributed by atoms with Crippen molar-refractivity contribution in [1.82, 2.24) is 19.1 Å². The molecular formula is C18H24N4O4S. The quantitative estimate of drug-likeness (QED) is 0.735. The first-order valence-corrected chi connectivity index (χ1v) is 10.8. The maximum absolute atomic E-state index is 12.7. The molecule has 2 aliphatic rings. The van der Waals surface area contributed by atoms with E-state index in [1.807, 2.05) is 22.9 Å². The maximum Gasteiger partial charge on any atom is 0.216 e. The highest BCUT2D eigenvalue weighted by Gasteiger charge is 2.30. The minimum absolute atomic E-state index is 0.0397. The van der Waals surface area contributed by atoms with Gasteiger partial charge in [-0.3, -0.25) is 0 Å². The van der Waals surface area contributed by atoms with Gasteiger partial charge in [0.05, 0.1) is 38.2 Å². The topological polar surface area (TPSA) is 86.6 Å². The van der Waals surface area contributed by atoms with Crippen LogP contribution in [0, 0.1) is 0 Å². The van der Waals surface area contributed by atoms with Crippen molar-refractivity contribution in [3.05, 3.63) is 47.5 Å². The maximum atomic E-state index is 12.7. The lowest BCUT2D eigenvalue weighted by Crippen LogP contribution is -2.42. The third-order valence-corrected chi connectivity index (χ3v) is 6.76. The third kappa shape index (κ3) is 4.55. The van der Waals surface area contributed by atoms with Crippen LogP contribution in [0.2, 0.25) is 0 Å². The van der Waals surface area contributed by atoms with Crippen molar-refractivity contribution in [3.8, 4) is 0 Å². The van der Waals surface area contributed by atoms with Crippen LogP contribution in [0.15, 0.2) is 30.3 Å². The SMILES string of the molecule is O=S(=O)(CC1COCCO1)N1CCc2nc(Cc3ccccc3)nn2CC1. The van der Waals surface area contributed by atoms with Crippen LogP contribution >= 0.6 is 0 Å². The molecule has 1 aromatic heterocycles. The molecule has 0 bridgehead atoms. The van der Waals surface area contributed by atoms with E-state index in [0.717, 1.165) is 17.2 Å². The van der Waals surface area contributed by atoms with E-state index in [1.54, 1.807) is 0 Å². The smallest absolute Gasteiger partial charge is 0.216 e.